The molecule has 0 unspecified atom stereocenters. The van der Waals surface area contributed by atoms with E-state index in [0.717, 1.165) is 26.9 Å². The van der Waals surface area contributed by atoms with Crippen LogP contribution in [0, 0.1) is 3.57 Å². The summed E-state index contributed by atoms with van der Waals surface area (Å²) in [6, 6.07) is 14.2. The maximum atomic E-state index is 4.60. The number of benzene rings is 2. The fourth-order valence-electron chi connectivity index (χ4n) is 1.77. The normalized spacial score (nSPS) is 10.9. The van der Waals surface area contributed by atoms with Gasteiger partial charge in [-0.2, -0.15) is 0 Å². The molecule has 4 heteroatoms. The van der Waals surface area contributed by atoms with Gasteiger partial charge >= 0.3 is 0 Å². The number of aromatic nitrogens is 2. The Hall–Kier alpha value is -0.880. The molecule has 0 bridgehead atoms. The first-order valence-electron chi connectivity index (χ1n) is 5.15. The van der Waals surface area contributed by atoms with E-state index >= 15 is 0 Å². The number of rotatable bonds is 1. The van der Waals surface area contributed by atoms with Crippen LogP contribution in [0.4, 0.5) is 0 Å². The predicted molar refractivity (Wildman–Crippen MR) is 81.9 cm³/mol. The van der Waals surface area contributed by atoms with Crippen molar-refractivity contribution in [3.63, 3.8) is 0 Å². The smallest absolute Gasteiger partial charge is 0.139 e. The van der Waals surface area contributed by atoms with E-state index in [1.807, 2.05) is 36.4 Å². The molecule has 3 aromatic rings. The van der Waals surface area contributed by atoms with Crippen LogP contribution in [0.3, 0.4) is 0 Å². The van der Waals surface area contributed by atoms with Crippen LogP contribution in [0.1, 0.15) is 0 Å². The van der Waals surface area contributed by atoms with Gasteiger partial charge in [-0.25, -0.2) is 4.98 Å². The quantitative estimate of drug-likeness (QED) is 0.596. The van der Waals surface area contributed by atoms with Crippen LogP contribution in [0.5, 0.6) is 0 Å². The Balaban J connectivity index is 2.24. The molecular formula is C13H8BrIN2. The lowest BCUT2D eigenvalue weighted by molar-refractivity contribution is 1.32. The van der Waals surface area contributed by atoms with E-state index in [1.54, 1.807) is 0 Å². The average Bonchev–Trinajstić information content (AvgIpc) is 2.76. The minimum absolute atomic E-state index is 0.914. The van der Waals surface area contributed by atoms with Crippen molar-refractivity contribution in [3.8, 4) is 11.4 Å². The van der Waals surface area contributed by atoms with Crippen LogP contribution in [-0.2, 0) is 0 Å². The topological polar surface area (TPSA) is 28.7 Å². The first-order chi connectivity index (χ1) is 8.25. The zero-order valence-corrected chi connectivity index (χ0v) is 12.5. The van der Waals surface area contributed by atoms with E-state index in [9.17, 15) is 0 Å². The van der Waals surface area contributed by atoms with Crippen molar-refractivity contribution in [3.05, 3.63) is 50.5 Å². The number of para-hydroxylation sites is 2. The monoisotopic (exact) mass is 398 g/mol. The number of nitrogens with one attached hydrogen (secondary N) is 1. The summed E-state index contributed by atoms with van der Waals surface area (Å²) in [6.07, 6.45) is 0. The molecule has 0 amide bonds. The van der Waals surface area contributed by atoms with E-state index in [1.165, 1.54) is 3.57 Å². The predicted octanol–water partition coefficient (Wildman–Crippen LogP) is 4.60. The van der Waals surface area contributed by atoms with Crippen molar-refractivity contribution in [2.45, 2.75) is 0 Å². The Labute approximate surface area is 121 Å². The second-order valence-corrected chi connectivity index (χ2v) is 5.64. The molecule has 0 aliphatic rings. The Bertz CT molecular complexity index is 658. The molecule has 84 valence electrons. The third-order valence-corrected chi connectivity index (χ3v) is 5.16. The molecule has 0 radical (unpaired) electrons. The first-order valence-corrected chi connectivity index (χ1v) is 7.02. The van der Waals surface area contributed by atoms with Gasteiger partial charge in [0.2, 0.25) is 0 Å². The SMILES string of the molecule is Brc1cccc(-c2nc3ccccc3[nH]2)c1I. The molecule has 0 fully saturated rings. The molecular weight excluding hydrogens is 391 g/mol. The summed E-state index contributed by atoms with van der Waals surface area (Å²) in [4.78, 5) is 7.95. The lowest BCUT2D eigenvalue weighted by Gasteiger charge is -2.02. The summed E-state index contributed by atoms with van der Waals surface area (Å²) in [5.41, 5.74) is 3.19. The fraction of sp³-hybridized carbons (Fsp3) is 0. The van der Waals surface area contributed by atoms with E-state index in [4.69, 9.17) is 0 Å². The number of imidazole rings is 1. The fourth-order valence-corrected chi connectivity index (χ4v) is 2.75. The minimum atomic E-state index is 0.914. The first kappa shape index (κ1) is 11.2. The molecule has 0 saturated heterocycles. The summed E-state index contributed by atoms with van der Waals surface area (Å²) in [7, 11) is 0. The third-order valence-electron chi connectivity index (χ3n) is 2.60. The van der Waals surface area contributed by atoms with Crippen LogP contribution in [0.2, 0.25) is 0 Å². The number of nitrogens with zero attached hydrogens (tertiary/aromatic N) is 1. The van der Waals surface area contributed by atoms with Crippen molar-refractivity contribution in [1.82, 2.24) is 9.97 Å². The van der Waals surface area contributed by atoms with E-state index in [0.29, 0.717) is 0 Å². The highest BCUT2D eigenvalue weighted by Gasteiger charge is 2.09. The highest BCUT2D eigenvalue weighted by Crippen LogP contribution is 2.30. The molecule has 2 aromatic carbocycles. The third kappa shape index (κ3) is 1.99. The minimum Gasteiger partial charge on any atom is -0.338 e. The molecule has 1 aromatic heterocycles. The maximum Gasteiger partial charge on any atom is 0.139 e. The zero-order chi connectivity index (χ0) is 11.8. The molecule has 3 rings (SSSR count). The molecule has 0 atom stereocenters. The second kappa shape index (κ2) is 4.42. The number of halogens is 2. The van der Waals surface area contributed by atoms with Crippen LogP contribution < -0.4 is 0 Å². The lowest BCUT2D eigenvalue weighted by Crippen LogP contribution is -1.85. The van der Waals surface area contributed by atoms with E-state index in [-0.39, 0.29) is 0 Å². The lowest BCUT2D eigenvalue weighted by atomic mass is 10.2. The molecule has 2 nitrogen and oxygen atoms in total. The van der Waals surface area contributed by atoms with Gasteiger partial charge in [0.15, 0.2) is 0 Å². The van der Waals surface area contributed by atoms with Crippen LogP contribution in [-0.4, -0.2) is 9.97 Å². The van der Waals surface area contributed by atoms with Gasteiger partial charge in [-0.3, -0.25) is 0 Å². The van der Waals surface area contributed by atoms with Crippen LogP contribution >= 0.6 is 38.5 Å². The van der Waals surface area contributed by atoms with Crippen molar-refractivity contribution >= 4 is 49.6 Å². The standard InChI is InChI=1S/C13H8BrIN2/c14-9-5-3-4-8(12(9)15)13-16-10-6-1-2-7-11(10)17-13/h1-7H,(H,16,17). The van der Waals surface area contributed by atoms with Gasteiger partial charge in [-0.1, -0.05) is 24.3 Å². The summed E-state index contributed by atoms with van der Waals surface area (Å²) in [5.74, 6) is 0.914. The molecule has 0 spiro atoms. The second-order valence-electron chi connectivity index (χ2n) is 3.70. The summed E-state index contributed by atoms with van der Waals surface area (Å²) < 4.78 is 2.26. The largest absolute Gasteiger partial charge is 0.338 e. The van der Waals surface area contributed by atoms with Gasteiger partial charge in [0, 0.05) is 13.6 Å². The van der Waals surface area contributed by atoms with Gasteiger partial charge in [-0.15, -0.1) is 0 Å². The summed E-state index contributed by atoms with van der Waals surface area (Å²) in [6.45, 7) is 0. The van der Waals surface area contributed by atoms with Gasteiger partial charge in [-0.05, 0) is 56.7 Å². The zero-order valence-electron chi connectivity index (χ0n) is 8.74. The number of fused-ring (bicyclic) bond motifs is 1. The van der Waals surface area contributed by atoms with Gasteiger partial charge < -0.3 is 4.98 Å². The Kier molecular flexibility index (Phi) is 2.92. The summed E-state index contributed by atoms with van der Waals surface area (Å²) >= 11 is 5.86. The number of hydrogen-bond donors (Lipinski definition) is 1. The number of aromatic amines is 1. The number of H-pyrrole nitrogens is 1. The molecule has 1 heterocycles. The van der Waals surface area contributed by atoms with E-state index < -0.39 is 0 Å². The Morgan fingerprint density at radius 3 is 2.71 bits per heavy atom. The van der Waals surface area contributed by atoms with Crippen molar-refractivity contribution in [2.75, 3.05) is 0 Å². The Morgan fingerprint density at radius 2 is 1.88 bits per heavy atom. The van der Waals surface area contributed by atoms with Gasteiger partial charge in [0.1, 0.15) is 5.82 Å². The van der Waals surface area contributed by atoms with Crippen molar-refractivity contribution in [2.24, 2.45) is 0 Å². The Morgan fingerprint density at radius 1 is 1.06 bits per heavy atom. The molecule has 0 saturated carbocycles. The molecule has 0 aliphatic heterocycles. The van der Waals surface area contributed by atoms with Crippen LogP contribution in [0.15, 0.2) is 46.9 Å². The van der Waals surface area contributed by atoms with Crippen LogP contribution in [0.25, 0.3) is 22.4 Å². The summed E-state index contributed by atoms with van der Waals surface area (Å²) in [5, 5.41) is 0. The van der Waals surface area contributed by atoms with E-state index in [2.05, 4.69) is 54.6 Å². The molecule has 0 aliphatic carbocycles. The number of hydrogen-bond acceptors (Lipinski definition) is 1. The molecule has 1 N–H and O–H groups in total. The highest BCUT2D eigenvalue weighted by molar-refractivity contribution is 14.1. The molecule has 17 heavy (non-hydrogen) atoms. The van der Waals surface area contributed by atoms with Gasteiger partial charge in [0.25, 0.3) is 0 Å². The highest BCUT2D eigenvalue weighted by atomic mass is 127. The maximum absolute atomic E-state index is 4.60. The van der Waals surface area contributed by atoms with Crippen molar-refractivity contribution < 1.29 is 0 Å². The average molecular weight is 399 g/mol. The van der Waals surface area contributed by atoms with Crippen molar-refractivity contribution in [1.29, 1.82) is 0 Å². The van der Waals surface area contributed by atoms with Gasteiger partial charge in [0.05, 0.1) is 11.0 Å².